The van der Waals surface area contributed by atoms with E-state index in [1.165, 1.54) is 4.90 Å². The van der Waals surface area contributed by atoms with Crippen molar-refractivity contribution in [3.63, 3.8) is 0 Å². The molecule has 4 amide bonds. The molecule has 2 aliphatic heterocycles. The molecule has 29 heavy (non-hydrogen) atoms. The van der Waals surface area contributed by atoms with Gasteiger partial charge >= 0.3 is 6.09 Å². The van der Waals surface area contributed by atoms with Crippen LogP contribution in [0.5, 0.6) is 0 Å². The van der Waals surface area contributed by atoms with Gasteiger partial charge in [0.25, 0.3) is 0 Å². The Hall–Kier alpha value is -2.16. The van der Waals surface area contributed by atoms with E-state index < -0.39 is 29.2 Å². The molecule has 0 aromatic rings. The molecular weight excluding hydrogens is 376 g/mol. The van der Waals surface area contributed by atoms with Crippen LogP contribution < -0.4 is 10.6 Å². The largest absolute Gasteiger partial charge is 0.444 e. The van der Waals surface area contributed by atoms with Gasteiger partial charge in [-0.15, -0.1) is 0 Å². The number of likely N-dealkylation sites (N-methyl/N-ethyl adjacent to an activating group) is 1. The number of ether oxygens (including phenoxy) is 1. The molecule has 0 saturated carbocycles. The molecule has 2 aliphatic rings. The van der Waals surface area contributed by atoms with Crippen molar-refractivity contribution >= 4 is 23.8 Å². The number of carbonyl (C=O) groups excluding carboxylic acids is 4. The first-order valence-electron chi connectivity index (χ1n) is 10.2. The zero-order chi connectivity index (χ0) is 22.0. The Kier molecular flexibility index (Phi) is 6.93. The summed E-state index contributed by atoms with van der Waals surface area (Å²) in [6, 6.07) is -1.03. The van der Waals surface area contributed by atoms with Crippen molar-refractivity contribution in [2.24, 2.45) is 0 Å². The third kappa shape index (κ3) is 5.91. The highest BCUT2D eigenvalue weighted by Gasteiger charge is 2.43. The van der Waals surface area contributed by atoms with E-state index in [9.17, 15) is 19.2 Å². The summed E-state index contributed by atoms with van der Waals surface area (Å²) in [6.45, 7) is 9.58. The lowest BCUT2D eigenvalue weighted by atomic mass is 10.0. The number of likely N-dealkylation sites (tertiary alicyclic amines) is 2. The molecule has 9 nitrogen and oxygen atoms in total. The Labute approximate surface area is 172 Å². The Morgan fingerprint density at radius 1 is 0.897 bits per heavy atom. The van der Waals surface area contributed by atoms with Gasteiger partial charge in [0.15, 0.2) is 0 Å². The van der Waals surface area contributed by atoms with E-state index in [0.29, 0.717) is 19.4 Å². The quantitative estimate of drug-likeness (QED) is 0.670. The predicted molar refractivity (Wildman–Crippen MR) is 107 cm³/mol. The van der Waals surface area contributed by atoms with E-state index in [1.54, 1.807) is 34.6 Å². The third-order valence-electron chi connectivity index (χ3n) is 5.23. The van der Waals surface area contributed by atoms with Crippen LogP contribution in [-0.2, 0) is 19.1 Å². The number of amides is 4. The molecule has 164 valence electrons. The van der Waals surface area contributed by atoms with Crippen molar-refractivity contribution in [1.82, 2.24) is 20.4 Å². The van der Waals surface area contributed by atoms with Gasteiger partial charge in [-0.2, -0.15) is 0 Å². The molecule has 9 heteroatoms. The Morgan fingerprint density at radius 2 is 1.45 bits per heavy atom. The predicted octanol–water partition coefficient (Wildman–Crippen LogP) is 1.02. The summed E-state index contributed by atoms with van der Waals surface area (Å²) < 4.78 is 5.23. The van der Waals surface area contributed by atoms with E-state index in [2.05, 4.69) is 10.6 Å². The van der Waals surface area contributed by atoms with E-state index in [1.807, 2.05) is 11.9 Å². The summed E-state index contributed by atoms with van der Waals surface area (Å²) in [6.07, 6.45) is 2.07. The van der Waals surface area contributed by atoms with Gasteiger partial charge in [0.1, 0.15) is 17.2 Å². The highest BCUT2D eigenvalue weighted by atomic mass is 16.6. The molecule has 2 unspecified atom stereocenters. The first-order chi connectivity index (χ1) is 13.3. The number of nitrogens with one attached hydrogen (secondary N) is 2. The molecule has 2 N–H and O–H groups in total. The second-order valence-corrected chi connectivity index (χ2v) is 9.40. The summed E-state index contributed by atoms with van der Waals surface area (Å²) in [7, 11) is 1.86. The highest BCUT2D eigenvalue weighted by molar-refractivity contribution is 6.02. The molecule has 0 bridgehead atoms. The Bertz CT molecular complexity index is 670. The van der Waals surface area contributed by atoms with Gasteiger partial charge in [0, 0.05) is 6.54 Å². The minimum Gasteiger partial charge on any atom is -0.444 e. The standard InChI is InChI=1S/C20H34N4O5/c1-19(2,3)29-18(28)22-20(4,5)17(27)24-12-8-10-14(24)16(26)21-15(25)13-9-7-11-23(13)6/h13-14H,7-12H2,1-6H3,(H,22,28)(H,21,25,26). The molecule has 0 aromatic heterocycles. The van der Waals surface area contributed by atoms with Crippen molar-refractivity contribution in [3.8, 4) is 0 Å². The van der Waals surface area contributed by atoms with Crippen LogP contribution in [0.15, 0.2) is 0 Å². The van der Waals surface area contributed by atoms with E-state index in [4.69, 9.17) is 4.74 Å². The normalized spacial score (nSPS) is 23.0. The van der Waals surface area contributed by atoms with E-state index >= 15 is 0 Å². The van der Waals surface area contributed by atoms with Crippen LogP contribution in [-0.4, -0.2) is 77.0 Å². The lowest BCUT2D eigenvalue weighted by Crippen LogP contribution is -2.60. The smallest absolute Gasteiger partial charge is 0.408 e. The molecule has 0 spiro atoms. The number of nitrogens with zero attached hydrogens (tertiary/aromatic N) is 2. The third-order valence-corrected chi connectivity index (χ3v) is 5.23. The van der Waals surface area contributed by atoms with Crippen LogP contribution in [0.1, 0.15) is 60.3 Å². The van der Waals surface area contributed by atoms with E-state index in [0.717, 1.165) is 19.4 Å². The van der Waals surface area contributed by atoms with Gasteiger partial charge in [-0.3, -0.25) is 24.6 Å². The summed E-state index contributed by atoms with van der Waals surface area (Å²) >= 11 is 0. The number of rotatable bonds is 4. The second-order valence-electron chi connectivity index (χ2n) is 9.40. The van der Waals surface area contributed by atoms with Crippen molar-refractivity contribution in [1.29, 1.82) is 0 Å². The SMILES string of the molecule is CN1CCCC1C(=O)NC(=O)C1CCCN1C(=O)C(C)(C)NC(=O)OC(C)(C)C. The summed E-state index contributed by atoms with van der Waals surface area (Å²) in [5.74, 6) is -1.17. The molecule has 0 aliphatic carbocycles. The van der Waals surface area contributed by atoms with Crippen LogP contribution in [0.4, 0.5) is 4.79 Å². The van der Waals surface area contributed by atoms with Crippen LogP contribution >= 0.6 is 0 Å². The van der Waals surface area contributed by atoms with Gasteiger partial charge in [0.2, 0.25) is 17.7 Å². The average molecular weight is 411 g/mol. The molecular formula is C20H34N4O5. The zero-order valence-corrected chi connectivity index (χ0v) is 18.3. The fraction of sp³-hybridized carbons (Fsp3) is 0.800. The maximum absolute atomic E-state index is 13.1. The second kappa shape index (κ2) is 8.69. The lowest BCUT2D eigenvalue weighted by Gasteiger charge is -2.33. The Balaban J connectivity index is 2.00. The van der Waals surface area contributed by atoms with Gasteiger partial charge in [-0.1, -0.05) is 0 Å². The molecule has 2 saturated heterocycles. The van der Waals surface area contributed by atoms with Crippen LogP contribution in [0.2, 0.25) is 0 Å². The van der Waals surface area contributed by atoms with Crippen molar-refractivity contribution in [2.45, 2.75) is 83.5 Å². The van der Waals surface area contributed by atoms with Crippen LogP contribution in [0, 0.1) is 0 Å². The topological polar surface area (TPSA) is 108 Å². The van der Waals surface area contributed by atoms with Crippen LogP contribution in [0.25, 0.3) is 0 Å². The van der Waals surface area contributed by atoms with Crippen LogP contribution in [0.3, 0.4) is 0 Å². The maximum atomic E-state index is 13.1. The lowest BCUT2D eigenvalue weighted by molar-refractivity contribution is -0.144. The first-order valence-corrected chi connectivity index (χ1v) is 10.2. The van der Waals surface area contributed by atoms with Gasteiger partial charge < -0.3 is 15.0 Å². The minimum absolute atomic E-state index is 0.310. The molecule has 0 aromatic carbocycles. The monoisotopic (exact) mass is 410 g/mol. The molecule has 2 fully saturated rings. The number of hydrogen-bond donors (Lipinski definition) is 2. The fourth-order valence-corrected chi connectivity index (χ4v) is 3.78. The molecule has 2 rings (SSSR count). The highest BCUT2D eigenvalue weighted by Crippen LogP contribution is 2.23. The minimum atomic E-state index is -1.25. The maximum Gasteiger partial charge on any atom is 0.408 e. The molecule has 2 heterocycles. The first kappa shape index (κ1) is 23.1. The van der Waals surface area contributed by atoms with Gasteiger partial charge in [-0.05, 0) is 73.9 Å². The Morgan fingerprint density at radius 3 is 2.00 bits per heavy atom. The number of carbonyl (C=O) groups is 4. The number of alkyl carbamates (subject to hydrolysis) is 1. The van der Waals surface area contributed by atoms with Gasteiger partial charge in [0.05, 0.1) is 6.04 Å². The average Bonchev–Trinajstić information content (AvgIpc) is 3.20. The van der Waals surface area contributed by atoms with Crippen molar-refractivity contribution in [3.05, 3.63) is 0 Å². The van der Waals surface area contributed by atoms with Crippen molar-refractivity contribution < 1.29 is 23.9 Å². The molecule has 2 atom stereocenters. The van der Waals surface area contributed by atoms with Gasteiger partial charge in [-0.25, -0.2) is 4.79 Å². The van der Waals surface area contributed by atoms with E-state index in [-0.39, 0.29) is 17.9 Å². The summed E-state index contributed by atoms with van der Waals surface area (Å²) in [5, 5.41) is 5.06. The summed E-state index contributed by atoms with van der Waals surface area (Å²) in [4.78, 5) is 53.7. The summed E-state index contributed by atoms with van der Waals surface area (Å²) in [5.41, 5.74) is -1.94. The fourth-order valence-electron chi connectivity index (χ4n) is 3.78. The molecule has 0 radical (unpaired) electrons. The van der Waals surface area contributed by atoms with Crippen molar-refractivity contribution in [2.75, 3.05) is 20.1 Å². The number of imide groups is 1. The zero-order valence-electron chi connectivity index (χ0n) is 18.3. The number of hydrogen-bond acceptors (Lipinski definition) is 6.